The van der Waals surface area contributed by atoms with Gasteiger partial charge in [0.1, 0.15) is 0 Å². The second kappa shape index (κ2) is 6.36. The van der Waals surface area contributed by atoms with Crippen molar-refractivity contribution in [2.75, 3.05) is 11.9 Å². The summed E-state index contributed by atoms with van der Waals surface area (Å²) in [4.78, 5) is 0. The number of nitrogens with one attached hydrogen (secondary N) is 2. The van der Waals surface area contributed by atoms with E-state index >= 15 is 0 Å². The van der Waals surface area contributed by atoms with Crippen LogP contribution in [0.3, 0.4) is 0 Å². The lowest BCUT2D eigenvalue weighted by Crippen LogP contribution is -2.42. The maximum absolute atomic E-state index is 5.83. The molecule has 1 aromatic rings. The van der Waals surface area contributed by atoms with Gasteiger partial charge in [0.2, 0.25) is 0 Å². The van der Waals surface area contributed by atoms with Crippen molar-refractivity contribution in [3.8, 4) is 0 Å². The van der Waals surface area contributed by atoms with Gasteiger partial charge in [0.25, 0.3) is 0 Å². The van der Waals surface area contributed by atoms with E-state index in [1.165, 1.54) is 0 Å². The Morgan fingerprint density at radius 1 is 1.44 bits per heavy atom. The third-order valence-electron chi connectivity index (χ3n) is 2.98. The van der Waals surface area contributed by atoms with Crippen molar-refractivity contribution in [1.82, 2.24) is 5.32 Å². The van der Waals surface area contributed by atoms with Gasteiger partial charge in [0, 0.05) is 17.3 Å². The molecule has 2 N–H and O–H groups in total. The number of benzene rings is 1. The van der Waals surface area contributed by atoms with Gasteiger partial charge in [-0.25, -0.2) is 0 Å². The SMILES string of the molecule is CC(NC(=S)Nc1ccc(Cl)cc1)C1CCCO1. The van der Waals surface area contributed by atoms with Crippen LogP contribution in [0.5, 0.6) is 0 Å². The van der Waals surface area contributed by atoms with Gasteiger partial charge in [0.05, 0.1) is 12.1 Å². The van der Waals surface area contributed by atoms with Crippen LogP contribution in [0, 0.1) is 0 Å². The fourth-order valence-corrected chi connectivity index (χ4v) is 2.43. The van der Waals surface area contributed by atoms with Crippen LogP contribution in [0.1, 0.15) is 19.8 Å². The number of thiocarbonyl (C=S) groups is 1. The number of halogens is 1. The minimum atomic E-state index is 0.222. The molecule has 0 bridgehead atoms. The monoisotopic (exact) mass is 284 g/mol. The number of rotatable bonds is 3. The summed E-state index contributed by atoms with van der Waals surface area (Å²) < 4.78 is 5.61. The third kappa shape index (κ3) is 3.83. The molecule has 1 heterocycles. The Kier molecular flexibility index (Phi) is 4.80. The average Bonchev–Trinajstić information content (AvgIpc) is 2.85. The van der Waals surface area contributed by atoms with E-state index in [0.29, 0.717) is 10.1 Å². The minimum absolute atomic E-state index is 0.222. The molecule has 1 saturated heterocycles. The second-order valence-corrected chi connectivity index (χ2v) is 5.29. The Bertz CT molecular complexity index is 404. The summed E-state index contributed by atoms with van der Waals surface area (Å²) in [6.45, 7) is 2.94. The first-order valence-electron chi connectivity index (χ1n) is 6.10. The largest absolute Gasteiger partial charge is 0.376 e. The third-order valence-corrected chi connectivity index (χ3v) is 3.46. The van der Waals surface area contributed by atoms with Crippen LogP contribution >= 0.6 is 23.8 Å². The number of anilines is 1. The lowest BCUT2D eigenvalue weighted by molar-refractivity contribution is 0.0895. The molecule has 5 heteroatoms. The fourth-order valence-electron chi connectivity index (χ4n) is 2.00. The van der Waals surface area contributed by atoms with Crippen LogP contribution in [0.25, 0.3) is 0 Å². The average molecular weight is 285 g/mol. The van der Waals surface area contributed by atoms with Gasteiger partial charge in [-0.05, 0) is 56.2 Å². The molecule has 1 aliphatic rings. The minimum Gasteiger partial charge on any atom is -0.376 e. The first kappa shape index (κ1) is 13.6. The maximum atomic E-state index is 5.83. The van der Waals surface area contributed by atoms with E-state index in [1.54, 1.807) is 0 Å². The van der Waals surface area contributed by atoms with Gasteiger partial charge >= 0.3 is 0 Å². The van der Waals surface area contributed by atoms with Gasteiger partial charge < -0.3 is 15.4 Å². The molecule has 98 valence electrons. The lowest BCUT2D eigenvalue weighted by atomic mass is 10.1. The zero-order valence-corrected chi connectivity index (χ0v) is 11.9. The van der Waals surface area contributed by atoms with Crippen LogP contribution in [0.15, 0.2) is 24.3 Å². The van der Waals surface area contributed by atoms with Crippen molar-refractivity contribution in [1.29, 1.82) is 0 Å². The molecule has 0 radical (unpaired) electrons. The van der Waals surface area contributed by atoms with Crippen LogP contribution in [0.4, 0.5) is 5.69 Å². The van der Waals surface area contributed by atoms with Crippen molar-refractivity contribution in [3.05, 3.63) is 29.3 Å². The van der Waals surface area contributed by atoms with Crippen molar-refractivity contribution >= 4 is 34.6 Å². The molecule has 0 aromatic heterocycles. The smallest absolute Gasteiger partial charge is 0.171 e. The lowest BCUT2D eigenvalue weighted by Gasteiger charge is -2.22. The quantitative estimate of drug-likeness (QED) is 0.835. The Balaban J connectivity index is 1.82. The first-order valence-corrected chi connectivity index (χ1v) is 6.88. The van der Waals surface area contributed by atoms with E-state index < -0.39 is 0 Å². The maximum Gasteiger partial charge on any atom is 0.171 e. The van der Waals surface area contributed by atoms with Crippen molar-refractivity contribution in [3.63, 3.8) is 0 Å². The van der Waals surface area contributed by atoms with E-state index in [2.05, 4.69) is 17.6 Å². The van der Waals surface area contributed by atoms with Crippen molar-refractivity contribution < 1.29 is 4.74 Å². The van der Waals surface area contributed by atoms with Crippen LogP contribution in [-0.2, 0) is 4.74 Å². The molecule has 18 heavy (non-hydrogen) atoms. The van der Waals surface area contributed by atoms with Crippen molar-refractivity contribution in [2.45, 2.75) is 31.9 Å². The molecule has 0 saturated carbocycles. The van der Waals surface area contributed by atoms with Gasteiger partial charge in [-0.2, -0.15) is 0 Å². The van der Waals surface area contributed by atoms with E-state index in [1.807, 2.05) is 24.3 Å². The highest BCUT2D eigenvalue weighted by atomic mass is 35.5. The number of hydrogen-bond donors (Lipinski definition) is 2. The van der Waals surface area contributed by atoms with Gasteiger partial charge in [-0.15, -0.1) is 0 Å². The molecule has 0 amide bonds. The van der Waals surface area contributed by atoms with Crippen LogP contribution < -0.4 is 10.6 Å². The molecule has 2 unspecified atom stereocenters. The highest BCUT2D eigenvalue weighted by Gasteiger charge is 2.22. The Morgan fingerprint density at radius 2 is 2.17 bits per heavy atom. The summed E-state index contributed by atoms with van der Waals surface area (Å²) >= 11 is 11.1. The second-order valence-electron chi connectivity index (χ2n) is 4.45. The Morgan fingerprint density at radius 3 is 2.78 bits per heavy atom. The van der Waals surface area contributed by atoms with E-state index in [4.69, 9.17) is 28.6 Å². The fraction of sp³-hybridized carbons (Fsp3) is 0.462. The molecular weight excluding hydrogens is 268 g/mol. The van der Waals surface area contributed by atoms with Gasteiger partial charge in [-0.3, -0.25) is 0 Å². The molecule has 1 fully saturated rings. The highest BCUT2D eigenvalue weighted by molar-refractivity contribution is 7.80. The summed E-state index contributed by atoms with van der Waals surface area (Å²) in [5.41, 5.74) is 0.927. The zero-order valence-electron chi connectivity index (χ0n) is 10.3. The summed E-state index contributed by atoms with van der Waals surface area (Å²) in [6.07, 6.45) is 2.49. The molecule has 3 nitrogen and oxygen atoms in total. The van der Waals surface area contributed by atoms with E-state index in [9.17, 15) is 0 Å². The Labute approximate surface area is 118 Å². The molecule has 1 aliphatic heterocycles. The first-order chi connectivity index (χ1) is 8.65. The number of ether oxygens (including phenoxy) is 1. The molecule has 0 spiro atoms. The summed E-state index contributed by atoms with van der Waals surface area (Å²) in [6, 6.07) is 7.67. The van der Waals surface area contributed by atoms with Crippen LogP contribution in [0.2, 0.25) is 5.02 Å². The predicted octanol–water partition coefficient (Wildman–Crippen LogP) is 3.19. The molecule has 1 aromatic carbocycles. The summed E-state index contributed by atoms with van der Waals surface area (Å²) in [5.74, 6) is 0. The van der Waals surface area contributed by atoms with Crippen molar-refractivity contribution in [2.24, 2.45) is 0 Å². The molecule has 0 aliphatic carbocycles. The predicted molar refractivity (Wildman–Crippen MR) is 79.2 cm³/mol. The highest BCUT2D eigenvalue weighted by Crippen LogP contribution is 2.16. The standard InChI is InChI=1S/C13H17ClN2OS/c1-9(12-3-2-8-17-12)15-13(18)16-11-6-4-10(14)5-7-11/h4-7,9,12H,2-3,8H2,1H3,(H2,15,16,18). The van der Waals surface area contributed by atoms with E-state index in [-0.39, 0.29) is 12.1 Å². The Hall–Kier alpha value is -0.840. The zero-order chi connectivity index (χ0) is 13.0. The normalized spacial score (nSPS) is 20.4. The summed E-state index contributed by atoms with van der Waals surface area (Å²) in [5, 5.41) is 7.70. The summed E-state index contributed by atoms with van der Waals surface area (Å²) in [7, 11) is 0. The van der Waals surface area contributed by atoms with E-state index in [0.717, 1.165) is 25.1 Å². The topological polar surface area (TPSA) is 33.3 Å². The molecule has 2 rings (SSSR count). The molecular formula is C13H17ClN2OS. The van der Waals surface area contributed by atoms with Gasteiger partial charge in [-0.1, -0.05) is 11.6 Å². The van der Waals surface area contributed by atoms with Gasteiger partial charge in [0.15, 0.2) is 5.11 Å². The number of hydrogen-bond acceptors (Lipinski definition) is 2. The van der Waals surface area contributed by atoms with Crippen LogP contribution in [-0.4, -0.2) is 23.9 Å². The molecule has 2 atom stereocenters.